The van der Waals surface area contributed by atoms with Crippen molar-refractivity contribution in [3.63, 3.8) is 0 Å². The number of nitro benzene ring substituents is 1. The number of benzene rings is 1. The topological polar surface area (TPSA) is 78.7 Å². The van der Waals surface area contributed by atoms with Crippen LogP contribution in [0.5, 0.6) is 0 Å². The number of amides is 1. The Morgan fingerprint density at radius 1 is 1.30 bits per heavy atom. The van der Waals surface area contributed by atoms with E-state index in [1.807, 2.05) is 4.90 Å². The highest BCUT2D eigenvalue weighted by Gasteiger charge is 2.23. The number of nitrogens with zero attached hydrogens (tertiary/aromatic N) is 3. The highest BCUT2D eigenvalue weighted by Crippen LogP contribution is 2.32. The second-order valence-electron chi connectivity index (χ2n) is 5.79. The number of rotatable bonds is 7. The number of nitrogens with one attached hydrogen (secondary N) is 1. The molecule has 0 fully saturated rings. The fourth-order valence-electron chi connectivity index (χ4n) is 2.57. The van der Waals surface area contributed by atoms with Crippen LogP contribution < -0.4 is 10.2 Å². The average molecular weight is 387 g/mol. The zero-order chi connectivity index (χ0) is 16.1. The Morgan fingerprint density at radius 2 is 2.04 bits per heavy atom. The lowest BCUT2D eigenvalue weighted by Crippen LogP contribution is -2.38. The van der Waals surface area contributed by atoms with E-state index < -0.39 is 4.92 Å². The number of nitro groups is 1. The van der Waals surface area contributed by atoms with E-state index in [1.54, 1.807) is 6.07 Å². The average Bonchev–Trinajstić information content (AvgIpc) is 2.45. The normalized spacial score (nSPS) is 13.3. The van der Waals surface area contributed by atoms with Crippen molar-refractivity contribution < 1.29 is 9.72 Å². The van der Waals surface area contributed by atoms with Gasteiger partial charge in [-0.05, 0) is 39.5 Å². The number of hydrogen-bond acceptors (Lipinski definition) is 5. The van der Waals surface area contributed by atoms with Gasteiger partial charge in [-0.15, -0.1) is 17.0 Å². The number of carbonyl (C=O) groups is 1. The van der Waals surface area contributed by atoms with Gasteiger partial charge in [0.1, 0.15) is 0 Å². The third-order valence-corrected chi connectivity index (χ3v) is 3.67. The Bertz CT molecular complexity index is 566. The highest BCUT2D eigenvalue weighted by atomic mass is 79.9. The molecule has 1 aliphatic heterocycles. The molecule has 0 atom stereocenters. The van der Waals surface area contributed by atoms with Crippen molar-refractivity contribution in [1.29, 1.82) is 0 Å². The molecule has 8 heteroatoms. The minimum absolute atomic E-state index is 0. The second kappa shape index (κ2) is 8.83. The largest absolute Gasteiger partial charge is 0.361 e. The van der Waals surface area contributed by atoms with Crippen molar-refractivity contribution in [2.75, 3.05) is 43.9 Å². The summed E-state index contributed by atoms with van der Waals surface area (Å²) in [5.74, 6) is -0.124. The third kappa shape index (κ3) is 5.47. The van der Waals surface area contributed by atoms with E-state index in [1.165, 1.54) is 12.1 Å². The molecule has 1 aliphatic rings. The van der Waals surface area contributed by atoms with Crippen LogP contribution in [0.3, 0.4) is 0 Å². The first-order valence-corrected chi connectivity index (χ1v) is 7.45. The van der Waals surface area contributed by atoms with Crippen molar-refractivity contribution in [3.8, 4) is 0 Å². The molecule has 2 rings (SSSR count). The van der Waals surface area contributed by atoms with Crippen molar-refractivity contribution in [2.45, 2.75) is 19.3 Å². The number of carbonyl (C=O) groups excluding carboxylic acids is 1. The molecule has 0 bridgehead atoms. The van der Waals surface area contributed by atoms with E-state index >= 15 is 0 Å². The molecule has 0 unspecified atom stereocenters. The molecule has 0 spiro atoms. The van der Waals surface area contributed by atoms with Crippen molar-refractivity contribution in [3.05, 3.63) is 28.3 Å². The van der Waals surface area contributed by atoms with Gasteiger partial charge in [-0.1, -0.05) is 6.42 Å². The number of anilines is 2. The zero-order valence-electron chi connectivity index (χ0n) is 13.4. The van der Waals surface area contributed by atoms with Crippen LogP contribution in [-0.4, -0.2) is 49.5 Å². The van der Waals surface area contributed by atoms with Gasteiger partial charge in [0.15, 0.2) is 0 Å². The van der Waals surface area contributed by atoms with Gasteiger partial charge in [0.05, 0.1) is 22.8 Å². The molecule has 1 heterocycles. The predicted molar refractivity (Wildman–Crippen MR) is 96.7 cm³/mol. The van der Waals surface area contributed by atoms with E-state index in [2.05, 4.69) is 24.3 Å². The lowest BCUT2D eigenvalue weighted by molar-refractivity contribution is -0.384. The minimum atomic E-state index is -0.452. The Labute approximate surface area is 146 Å². The van der Waals surface area contributed by atoms with E-state index in [9.17, 15) is 14.9 Å². The summed E-state index contributed by atoms with van der Waals surface area (Å²) in [6.07, 6.45) is 3.22. The van der Waals surface area contributed by atoms with E-state index in [0.29, 0.717) is 12.2 Å². The standard InChI is InChI=1S/C15H22N4O3.BrH/c1-17(2)8-4-3-5-9-18-11-15(20)16-13-10-12(19(21)22)6-7-14(13)18;/h6-7,10H,3-5,8-9,11H2,1-2H3,(H,16,20);1H. The first-order chi connectivity index (χ1) is 10.5. The number of halogens is 1. The van der Waals surface area contributed by atoms with Crippen molar-refractivity contribution in [2.24, 2.45) is 0 Å². The van der Waals surface area contributed by atoms with Crippen LogP contribution in [0.25, 0.3) is 0 Å². The molecular weight excluding hydrogens is 364 g/mol. The van der Waals surface area contributed by atoms with E-state index in [0.717, 1.165) is 38.0 Å². The Kier molecular flexibility index (Phi) is 7.44. The molecule has 0 saturated heterocycles. The fourth-order valence-corrected chi connectivity index (χ4v) is 2.57. The lowest BCUT2D eigenvalue weighted by atomic mass is 10.1. The Hall–Kier alpha value is -1.67. The van der Waals surface area contributed by atoms with Crippen LogP contribution in [-0.2, 0) is 4.79 Å². The van der Waals surface area contributed by atoms with Crippen LogP contribution >= 0.6 is 17.0 Å². The van der Waals surface area contributed by atoms with Crippen LogP contribution in [0, 0.1) is 10.1 Å². The maximum atomic E-state index is 11.8. The van der Waals surface area contributed by atoms with Gasteiger partial charge in [-0.25, -0.2) is 0 Å². The van der Waals surface area contributed by atoms with Gasteiger partial charge >= 0.3 is 0 Å². The number of fused-ring (bicyclic) bond motifs is 1. The minimum Gasteiger partial charge on any atom is -0.361 e. The second-order valence-corrected chi connectivity index (χ2v) is 5.79. The van der Waals surface area contributed by atoms with Gasteiger partial charge in [-0.3, -0.25) is 14.9 Å². The fraction of sp³-hybridized carbons (Fsp3) is 0.533. The van der Waals surface area contributed by atoms with Crippen LogP contribution in [0.4, 0.5) is 17.1 Å². The summed E-state index contributed by atoms with van der Waals surface area (Å²) >= 11 is 0. The number of hydrogen-bond donors (Lipinski definition) is 1. The molecule has 23 heavy (non-hydrogen) atoms. The molecule has 1 N–H and O–H groups in total. The lowest BCUT2D eigenvalue weighted by Gasteiger charge is -2.30. The maximum absolute atomic E-state index is 11.8. The number of unbranched alkanes of at least 4 members (excludes halogenated alkanes) is 2. The predicted octanol–water partition coefficient (Wildman–Crippen LogP) is 2.66. The van der Waals surface area contributed by atoms with Crippen molar-refractivity contribution in [1.82, 2.24) is 4.90 Å². The summed E-state index contributed by atoms with van der Waals surface area (Å²) in [5.41, 5.74) is 1.38. The summed E-state index contributed by atoms with van der Waals surface area (Å²) in [6, 6.07) is 4.62. The first kappa shape index (κ1) is 19.4. The highest BCUT2D eigenvalue weighted by molar-refractivity contribution is 8.93. The molecule has 1 aromatic carbocycles. The van der Waals surface area contributed by atoms with Crippen molar-refractivity contribution >= 4 is 40.0 Å². The SMILES string of the molecule is Br.CN(C)CCCCCN1CC(=O)Nc2cc([N+](=O)[O-])ccc21. The molecule has 0 saturated carbocycles. The summed E-state index contributed by atoms with van der Waals surface area (Å²) in [4.78, 5) is 26.3. The molecule has 0 aromatic heterocycles. The van der Waals surface area contributed by atoms with Gasteiger partial charge in [-0.2, -0.15) is 0 Å². The van der Waals surface area contributed by atoms with Gasteiger partial charge in [0.25, 0.3) is 5.69 Å². The maximum Gasteiger partial charge on any atom is 0.271 e. The van der Waals surface area contributed by atoms with Crippen LogP contribution in [0.1, 0.15) is 19.3 Å². The zero-order valence-corrected chi connectivity index (χ0v) is 15.2. The molecule has 128 valence electrons. The van der Waals surface area contributed by atoms with Crippen LogP contribution in [0.2, 0.25) is 0 Å². The number of non-ortho nitro benzene ring substituents is 1. The Balaban J connectivity index is 0.00000264. The van der Waals surface area contributed by atoms with E-state index in [-0.39, 0.29) is 28.6 Å². The molecule has 0 radical (unpaired) electrons. The molecular formula is C15H23BrN4O3. The monoisotopic (exact) mass is 386 g/mol. The molecule has 0 aliphatic carbocycles. The van der Waals surface area contributed by atoms with Crippen LogP contribution in [0.15, 0.2) is 18.2 Å². The summed E-state index contributed by atoms with van der Waals surface area (Å²) in [5, 5.41) is 13.5. The molecule has 7 nitrogen and oxygen atoms in total. The van der Waals surface area contributed by atoms with E-state index in [4.69, 9.17) is 0 Å². The van der Waals surface area contributed by atoms with Gasteiger partial charge in [0.2, 0.25) is 5.91 Å². The molecule has 1 aromatic rings. The first-order valence-electron chi connectivity index (χ1n) is 7.45. The summed E-state index contributed by atoms with van der Waals surface area (Å²) in [6.45, 7) is 2.15. The quantitative estimate of drug-likeness (QED) is 0.442. The third-order valence-electron chi connectivity index (χ3n) is 3.67. The van der Waals surface area contributed by atoms with Gasteiger partial charge in [0, 0.05) is 18.7 Å². The Morgan fingerprint density at radius 3 is 2.70 bits per heavy atom. The molecule has 1 amide bonds. The summed E-state index contributed by atoms with van der Waals surface area (Å²) in [7, 11) is 4.11. The smallest absolute Gasteiger partial charge is 0.271 e. The van der Waals surface area contributed by atoms with Gasteiger partial charge < -0.3 is 15.1 Å². The summed E-state index contributed by atoms with van der Waals surface area (Å²) < 4.78 is 0.